The second-order valence-corrected chi connectivity index (χ2v) is 5.04. The van der Waals surface area contributed by atoms with Gasteiger partial charge in [0, 0.05) is 16.4 Å². The molecule has 2 aromatic rings. The summed E-state index contributed by atoms with van der Waals surface area (Å²) in [6, 6.07) is 10.9. The van der Waals surface area contributed by atoms with E-state index in [1.807, 2.05) is 31.2 Å². The SMILES string of the molecule is Cc1ccc(C(=O)OCCOc2ccc(Br)cc2)cn1. The number of esters is 1. The van der Waals surface area contributed by atoms with Crippen LogP contribution in [0.25, 0.3) is 0 Å². The van der Waals surface area contributed by atoms with Gasteiger partial charge in [0.15, 0.2) is 0 Å². The van der Waals surface area contributed by atoms with Gasteiger partial charge in [-0.3, -0.25) is 4.98 Å². The molecular formula is C15H14BrNO3. The number of carbonyl (C=O) groups is 1. The van der Waals surface area contributed by atoms with Crippen LogP contribution >= 0.6 is 15.9 Å². The van der Waals surface area contributed by atoms with Gasteiger partial charge in [-0.05, 0) is 43.3 Å². The Morgan fingerprint density at radius 3 is 2.55 bits per heavy atom. The van der Waals surface area contributed by atoms with E-state index < -0.39 is 5.97 Å². The molecule has 1 aromatic heterocycles. The second-order valence-electron chi connectivity index (χ2n) is 4.13. The summed E-state index contributed by atoms with van der Waals surface area (Å²) in [5, 5.41) is 0. The maximum absolute atomic E-state index is 11.7. The van der Waals surface area contributed by atoms with Crippen molar-refractivity contribution >= 4 is 21.9 Å². The molecule has 0 fully saturated rings. The molecule has 0 aliphatic rings. The standard InChI is InChI=1S/C15H14BrNO3/c1-11-2-3-12(10-17-11)15(18)20-9-8-19-14-6-4-13(16)5-7-14/h2-7,10H,8-9H2,1H3. The Balaban J connectivity index is 1.74. The van der Waals surface area contributed by atoms with Crippen LogP contribution in [0.15, 0.2) is 47.1 Å². The predicted molar refractivity (Wildman–Crippen MR) is 78.9 cm³/mol. The molecule has 4 nitrogen and oxygen atoms in total. The van der Waals surface area contributed by atoms with Gasteiger partial charge in [-0.25, -0.2) is 4.79 Å². The molecule has 1 heterocycles. The first kappa shape index (κ1) is 14.5. The number of hydrogen-bond acceptors (Lipinski definition) is 4. The third-order valence-electron chi connectivity index (χ3n) is 2.55. The van der Waals surface area contributed by atoms with Crippen LogP contribution in [0, 0.1) is 6.92 Å². The average molecular weight is 336 g/mol. The number of aryl methyl sites for hydroxylation is 1. The summed E-state index contributed by atoms with van der Waals surface area (Å²) < 4.78 is 11.5. The Labute approximate surface area is 125 Å². The third kappa shape index (κ3) is 4.35. The highest BCUT2D eigenvalue weighted by molar-refractivity contribution is 9.10. The monoisotopic (exact) mass is 335 g/mol. The van der Waals surface area contributed by atoms with E-state index in [0.29, 0.717) is 12.2 Å². The lowest BCUT2D eigenvalue weighted by Gasteiger charge is -2.07. The molecule has 104 valence electrons. The molecule has 20 heavy (non-hydrogen) atoms. The number of carbonyl (C=O) groups excluding carboxylic acids is 1. The summed E-state index contributed by atoms with van der Waals surface area (Å²) in [4.78, 5) is 15.7. The number of halogens is 1. The molecule has 0 saturated carbocycles. The van der Waals surface area contributed by atoms with E-state index >= 15 is 0 Å². The first-order chi connectivity index (χ1) is 9.65. The van der Waals surface area contributed by atoms with E-state index in [-0.39, 0.29) is 6.61 Å². The average Bonchev–Trinajstić information content (AvgIpc) is 2.46. The highest BCUT2D eigenvalue weighted by atomic mass is 79.9. The number of nitrogens with zero attached hydrogens (tertiary/aromatic N) is 1. The summed E-state index contributed by atoms with van der Waals surface area (Å²) in [6.45, 7) is 2.37. The molecule has 2 rings (SSSR count). The zero-order valence-corrected chi connectivity index (χ0v) is 12.6. The zero-order valence-electron chi connectivity index (χ0n) is 11.0. The normalized spacial score (nSPS) is 10.1. The molecule has 0 saturated heterocycles. The van der Waals surface area contributed by atoms with Gasteiger partial charge in [0.25, 0.3) is 0 Å². The fraction of sp³-hybridized carbons (Fsp3) is 0.200. The Morgan fingerprint density at radius 2 is 1.90 bits per heavy atom. The van der Waals surface area contributed by atoms with Crippen LogP contribution in [0.1, 0.15) is 16.1 Å². The summed E-state index contributed by atoms with van der Waals surface area (Å²) in [7, 11) is 0. The Bertz CT molecular complexity index is 567. The summed E-state index contributed by atoms with van der Waals surface area (Å²) >= 11 is 3.35. The molecule has 0 N–H and O–H groups in total. The maximum atomic E-state index is 11.7. The van der Waals surface area contributed by atoms with Crippen molar-refractivity contribution in [1.29, 1.82) is 0 Å². The van der Waals surface area contributed by atoms with E-state index in [4.69, 9.17) is 9.47 Å². The topological polar surface area (TPSA) is 48.4 Å². The third-order valence-corrected chi connectivity index (χ3v) is 3.07. The quantitative estimate of drug-likeness (QED) is 0.620. The molecule has 0 atom stereocenters. The first-order valence-electron chi connectivity index (χ1n) is 6.13. The fourth-order valence-electron chi connectivity index (χ4n) is 1.50. The molecule has 0 radical (unpaired) electrons. The van der Waals surface area contributed by atoms with Gasteiger partial charge in [-0.2, -0.15) is 0 Å². The first-order valence-corrected chi connectivity index (χ1v) is 6.92. The number of benzene rings is 1. The zero-order chi connectivity index (χ0) is 14.4. The minimum atomic E-state index is -0.392. The summed E-state index contributed by atoms with van der Waals surface area (Å²) in [5.41, 5.74) is 1.30. The number of pyridine rings is 1. The van der Waals surface area contributed by atoms with Gasteiger partial charge in [0.2, 0.25) is 0 Å². The lowest BCUT2D eigenvalue weighted by Crippen LogP contribution is -2.12. The van der Waals surface area contributed by atoms with Crippen molar-refractivity contribution in [3.63, 3.8) is 0 Å². The Morgan fingerprint density at radius 1 is 1.15 bits per heavy atom. The maximum Gasteiger partial charge on any atom is 0.339 e. The molecule has 0 spiro atoms. The van der Waals surface area contributed by atoms with Crippen LogP contribution in [-0.4, -0.2) is 24.2 Å². The van der Waals surface area contributed by atoms with E-state index in [1.54, 1.807) is 12.1 Å². The second kappa shape index (κ2) is 7.05. The largest absolute Gasteiger partial charge is 0.490 e. The van der Waals surface area contributed by atoms with Crippen molar-refractivity contribution in [3.8, 4) is 5.75 Å². The molecule has 0 unspecified atom stereocenters. The highest BCUT2D eigenvalue weighted by Gasteiger charge is 2.06. The summed E-state index contributed by atoms with van der Waals surface area (Å²) in [6.07, 6.45) is 1.51. The van der Waals surface area contributed by atoms with Crippen LogP contribution in [0.3, 0.4) is 0 Å². The van der Waals surface area contributed by atoms with Crippen molar-refractivity contribution in [1.82, 2.24) is 4.98 Å². The Kier molecular flexibility index (Phi) is 5.12. The molecule has 1 aromatic carbocycles. The van der Waals surface area contributed by atoms with Crippen molar-refractivity contribution in [2.24, 2.45) is 0 Å². The molecule has 0 aliphatic heterocycles. The van der Waals surface area contributed by atoms with Gasteiger partial charge in [-0.1, -0.05) is 15.9 Å². The van der Waals surface area contributed by atoms with Crippen LogP contribution < -0.4 is 4.74 Å². The minimum absolute atomic E-state index is 0.197. The fourth-order valence-corrected chi connectivity index (χ4v) is 1.76. The lowest BCUT2D eigenvalue weighted by molar-refractivity contribution is 0.0450. The van der Waals surface area contributed by atoms with Crippen LogP contribution in [0.5, 0.6) is 5.75 Å². The number of ether oxygens (including phenoxy) is 2. The van der Waals surface area contributed by atoms with E-state index in [9.17, 15) is 4.79 Å². The van der Waals surface area contributed by atoms with Crippen molar-refractivity contribution in [2.75, 3.05) is 13.2 Å². The predicted octanol–water partition coefficient (Wildman–Crippen LogP) is 3.39. The minimum Gasteiger partial charge on any atom is -0.490 e. The summed E-state index contributed by atoms with van der Waals surface area (Å²) in [5.74, 6) is 0.346. The van der Waals surface area contributed by atoms with Gasteiger partial charge in [-0.15, -0.1) is 0 Å². The van der Waals surface area contributed by atoms with Crippen molar-refractivity contribution < 1.29 is 14.3 Å². The van der Waals surface area contributed by atoms with Gasteiger partial charge in [0.05, 0.1) is 5.56 Å². The van der Waals surface area contributed by atoms with E-state index in [2.05, 4.69) is 20.9 Å². The van der Waals surface area contributed by atoms with Crippen LogP contribution in [0.2, 0.25) is 0 Å². The molecule has 0 bridgehead atoms. The van der Waals surface area contributed by atoms with E-state index in [0.717, 1.165) is 15.9 Å². The smallest absolute Gasteiger partial charge is 0.339 e. The number of rotatable bonds is 5. The highest BCUT2D eigenvalue weighted by Crippen LogP contribution is 2.15. The Hall–Kier alpha value is -1.88. The molecule has 0 amide bonds. The lowest BCUT2D eigenvalue weighted by atomic mass is 10.2. The molecule has 0 aliphatic carbocycles. The van der Waals surface area contributed by atoms with Crippen molar-refractivity contribution in [3.05, 3.63) is 58.3 Å². The van der Waals surface area contributed by atoms with Crippen LogP contribution in [-0.2, 0) is 4.74 Å². The van der Waals surface area contributed by atoms with Gasteiger partial charge >= 0.3 is 5.97 Å². The molecular weight excluding hydrogens is 322 g/mol. The van der Waals surface area contributed by atoms with Gasteiger partial charge in [0.1, 0.15) is 19.0 Å². The molecule has 5 heteroatoms. The number of aromatic nitrogens is 1. The van der Waals surface area contributed by atoms with Crippen molar-refractivity contribution in [2.45, 2.75) is 6.92 Å². The van der Waals surface area contributed by atoms with Crippen LogP contribution in [0.4, 0.5) is 0 Å². The van der Waals surface area contributed by atoms with Gasteiger partial charge < -0.3 is 9.47 Å². The van der Waals surface area contributed by atoms with E-state index in [1.165, 1.54) is 6.20 Å². The number of hydrogen-bond donors (Lipinski definition) is 0.